The Labute approximate surface area is 156 Å². The van der Waals surface area contributed by atoms with Gasteiger partial charge in [0.15, 0.2) is 5.82 Å². The second-order valence-corrected chi connectivity index (χ2v) is 6.48. The number of anilines is 3. The molecule has 1 aliphatic heterocycles. The predicted molar refractivity (Wildman–Crippen MR) is 102 cm³/mol. The fourth-order valence-corrected chi connectivity index (χ4v) is 2.84. The van der Waals surface area contributed by atoms with Gasteiger partial charge in [-0.2, -0.15) is 4.98 Å². The van der Waals surface area contributed by atoms with E-state index in [0.717, 1.165) is 50.2 Å². The summed E-state index contributed by atoms with van der Waals surface area (Å²) in [6, 6.07) is 3.07. The van der Waals surface area contributed by atoms with Gasteiger partial charge in [0.1, 0.15) is 17.3 Å². The van der Waals surface area contributed by atoms with E-state index in [4.69, 9.17) is 0 Å². The quantitative estimate of drug-likeness (QED) is 0.817. The molecule has 0 saturated carbocycles. The molecule has 2 aromatic rings. The Balaban J connectivity index is 1.76. The van der Waals surface area contributed by atoms with Crippen LogP contribution in [-0.4, -0.2) is 43.1 Å². The monoisotopic (exact) mass is 373 g/mol. The Morgan fingerprint density at radius 1 is 1.26 bits per heavy atom. The maximum atomic E-state index is 13.6. The van der Waals surface area contributed by atoms with E-state index in [1.165, 1.54) is 6.08 Å². The molecule has 1 aromatic heterocycles. The molecule has 0 atom stereocenters. The highest BCUT2D eigenvalue weighted by Gasteiger charge is 2.18. The average molecular weight is 373 g/mol. The van der Waals surface area contributed by atoms with Crippen LogP contribution in [-0.2, 0) is 4.79 Å². The minimum Gasteiger partial charge on any atom is -0.361 e. The van der Waals surface area contributed by atoms with Crippen LogP contribution in [0.3, 0.4) is 0 Å². The van der Waals surface area contributed by atoms with Crippen LogP contribution in [0.25, 0.3) is 6.08 Å². The molecule has 142 valence electrons. The first-order chi connectivity index (χ1) is 12.9. The van der Waals surface area contributed by atoms with Gasteiger partial charge in [-0.15, -0.1) is 0 Å². The van der Waals surface area contributed by atoms with E-state index in [1.807, 2.05) is 14.1 Å². The number of carbonyl (C=O) groups excluding carboxylic acids is 1. The third-order valence-corrected chi connectivity index (χ3v) is 4.20. The number of hydrogen-bond donors (Lipinski definition) is 1. The molecule has 1 amide bonds. The van der Waals surface area contributed by atoms with Crippen LogP contribution in [0.15, 0.2) is 30.5 Å². The van der Waals surface area contributed by atoms with Gasteiger partial charge >= 0.3 is 0 Å². The summed E-state index contributed by atoms with van der Waals surface area (Å²) in [5.41, 5.74) is 0.441. The van der Waals surface area contributed by atoms with Crippen LogP contribution in [0.2, 0.25) is 0 Å². The van der Waals surface area contributed by atoms with E-state index >= 15 is 0 Å². The molecule has 27 heavy (non-hydrogen) atoms. The number of rotatable bonds is 5. The fraction of sp³-hybridized carbons (Fsp3) is 0.316. The lowest BCUT2D eigenvalue weighted by Gasteiger charge is -2.20. The van der Waals surface area contributed by atoms with Gasteiger partial charge in [-0.25, -0.2) is 13.8 Å². The van der Waals surface area contributed by atoms with Crippen molar-refractivity contribution in [3.63, 3.8) is 0 Å². The maximum absolute atomic E-state index is 13.6. The Morgan fingerprint density at radius 2 is 2.00 bits per heavy atom. The number of amides is 1. The Kier molecular flexibility index (Phi) is 5.63. The molecule has 1 N–H and O–H groups in total. The molecule has 0 spiro atoms. The van der Waals surface area contributed by atoms with Gasteiger partial charge in [0, 0.05) is 38.8 Å². The van der Waals surface area contributed by atoms with E-state index in [-0.39, 0.29) is 5.56 Å². The first kappa shape index (κ1) is 18.8. The summed E-state index contributed by atoms with van der Waals surface area (Å²) >= 11 is 0. The smallest absolute Gasteiger partial charge is 0.248 e. The lowest BCUT2D eigenvalue weighted by molar-refractivity contribution is -0.111. The average Bonchev–Trinajstić information content (AvgIpc) is 3.17. The van der Waals surface area contributed by atoms with E-state index in [0.29, 0.717) is 17.5 Å². The van der Waals surface area contributed by atoms with Crippen molar-refractivity contribution in [1.29, 1.82) is 0 Å². The number of nitrogens with zero attached hydrogens (tertiary/aromatic N) is 4. The van der Waals surface area contributed by atoms with Gasteiger partial charge in [0.2, 0.25) is 11.9 Å². The molecule has 0 unspecified atom stereocenters. The number of halogens is 2. The number of hydrogen-bond acceptors (Lipinski definition) is 5. The van der Waals surface area contributed by atoms with E-state index in [2.05, 4.69) is 20.2 Å². The summed E-state index contributed by atoms with van der Waals surface area (Å²) in [5.74, 6) is -0.457. The molecule has 6 nitrogen and oxygen atoms in total. The first-order valence-electron chi connectivity index (χ1n) is 8.67. The van der Waals surface area contributed by atoms with Gasteiger partial charge in [0.25, 0.3) is 0 Å². The zero-order valence-corrected chi connectivity index (χ0v) is 15.2. The van der Waals surface area contributed by atoms with E-state index in [9.17, 15) is 13.6 Å². The molecule has 8 heteroatoms. The molecule has 1 fully saturated rings. The number of benzene rings is 1. The lowest BCUT2D eigenvalue weighted by atomic mass is 10.2. The third-order valence-electron chi connectivity index (χ3n) is 4.20. The highest BCUT2D eigenvalue weighted by Crippen LogP contribution is 2.25. The summed E-state index contributed by atoms with van der Waals surface area (Å²) in [6.07, 6.45) is 6.15. The maximum Gasteiger partial charge on any atom is 0.248 e. The minimum absolute atomic E-state index is 0.00128. The molecular formula is C19H21F2N5O. The molecule has 1 aromatic carbocycles. The third kappa shape index (κ3) is 4.58. The predicted octanol–water partition coefficient (Wildman–Crippen LogP) is 3.07. The number of carbonyl (C=O) groups is 1. The Morgan fingerprint density at radius 3 is 2.70 bits per heavy atom. The van der Waals surface area contributed by atoms with Crippen molar-refractivity contribution in [2.24, 2.45) is 0 Å². The second-order valence-electron chi connectivity index (χ2n) is 6.48. The summed E-state index contributed by atoms with van der Waals surface area (Å²) in [7, 11) is 3.65. The molecule has 3 rings (SSSR count). The SMILES string of the molecule is CN(C)c1nc(N2CCCC2)ncc1NC(=O)/C=C/c1cc(F)ccc1F. The molecular weight excluding hydrogens is 352 g/mol. The van der Waals surface area contributed by atoms with Crippen molar-refractivity contribution in [2.75, 3.05) is 42.3 Å². The fourth-order valence-electron chi connectivity index (χ4n) is 2.84. The molecule has 2 heterocycles. The van der Waals surface area contributed by atoms with Crippen molar-refractivity contribution < 1.29 is 13.6 Å². The minimum atomic E-state index is -0.604. The second kappa shape index (κ2) is 8.11. The van der Waals surface area contributed by atoms with Crippen LogP contribution < -0.4 is 15.1 Å². The van der Waals surface area contributed by atoms with Gasteiger partial charge in [-0.1, -0.05) is 0 Å². The van der Waals surface area contributed by atoms with Gasteiger partial charge < -0.3 is 15.1 Å². The van der Waals surface area contributed by atoms with E-state index < -0.39 is 17.5 Å². The highest BCUT2D eigenvalue weighted by atomic mass is 19.1. The van der Waals surface area contributed by atoms with Crippen LogP contribution in [0.4, 0.5) is 26.2 Å². The molecule has 1 aliphatic rings. The summed E-state index contributed by atoms with van der Waals surface area (Å²) in [5, 5.41) is 2.69. The topological polar surface area (TPSA) is 61.4 Å². The van der Waals surface area contributed by atoms with Crippen LogP contribution in [0.1, 0.15) is 18.4 Å². The van der Waals surface area contributed by atoms with Crippen molar-refractivity contribution in [2.45, 2.75) is 12.8 Å². The molecule has 0 aliphatic carbocycles. The summed E-state index contributed by atoms with van der Waals surface area (Å²) in [6.45, 7) is 1.83. The van der Waals surface area contributed by atoms with Gasteiger partial charge in [0.05, 0.1) is 6.20 Å². The molecule has 0 radical (unpaired) electrons. The number of aromatic nitrogens is 2. The largest absolute Gasteiger partial charge is 0.361 e. The standard InChI is InChI=1S/C19H21F2N5O/c1-25(2)18-16(12-22-19(24-18)26-9-3-4-10-26)23-17(27)8-5-13-11-14(20)6-7-15(13)21/h5-8,11-12H,3-4,9-10H2,1-2H3,(H,23,27)/b8-5+. The molecule has 1 saturated heterocycles. The lowest BCUT2D eigenvalue weighted by Crippen LogP contribution is -2.23. The Hall–Kier alpha value is -3.03. The number of nitrogens with one attached hydrogen (secondary N) is 1. The van der Waals surface area contributed by atoms with Crippen LogP contribution in [0, 0.1) is 11.6 Å². The van der Waals surface area contributed by atoms with Crippen molar-refractivity contribution in [3.05, 3.63) is 47.7 Å². The van der Waals surface area contributed by atoms with Gasteiger partial charge in [-0.05, 0) is 37.1 Å². The first-order valence-corrected chi connectivity index (χ1v) is 8.67. The summed E-state index contributed by atoms with van der Waals surface area (Å²) < 4.78 is 26.8. The molecule has 0 bridgehead atoms. The highest BCUT2D eigenvalue weighted by molar-refractivity contribution is 6.03. The summed E-state index contributed by atoms with van der Waals surface area (Å²) in [4.78, 5) is 25.0. The Bertz CT molecular complexity index is 863. The zero-order chi connectivity index (χ0) is 19.4. The zero-order valence-electron chi connectivity index (χ0n) is 15.2. The normalized spacial score (nSPS) is 14.0. The van der Waals surface area contributed by atoms with Crippen molar-refractivity contribution >= 4 is 29.4 Å². The van der Waals surface area contributed by atoms with Crippen LogP contribution in [0.5, 0.6) is 0 Å². The van der Waals surface area contributed by atoms with E-state index in [1.54, 1.807) is 11.1 Å². The van der Waals surface area contributed by atoms with Gasteiger partial charge in [-0.3, -0.25) is 4.79 Å². The van der Waals surface area contributed by atoms with Crippen molar-refractivity contribution in [3.8, 4) is 0 Å². The van der Waals surface area contributed by atoms with Crippen molar-refractivity contribution in [1.82, 2.24) is 9.97 Å². The van der Waals surface area contributed by atoms with Crippen LogP contribution >= 0.6 is 0 Å².